The van der Waals surface area contributed by atoms with E-state index in [-0.39, 0.29) is 44.5 Å². The maximum Gasteiger partial charge on any atom is 0.418 e. The predicted octanol–water partition coefficient (Wildman–Crippen LogP) is 6.52. The highest BCUT2D eigenvalue weighted by atomic mass is 19.4. The molecule has 0 radical (unpaired) electrons. The second kappa shape index (κ2) is 11.2. The molecule has 48 heavy (non-hydrogen) atoms. The van der Waals surface area contributed by atoms with Crippen LogP contribution < -0.4 is 10.6 Å². The largest absolute Gasteiger partial charge is 0.418 e. The average Bonchev–Trinajstić information content (AvgIpc) is 3.48. The van der Waals surface area contributed by atoms with E-state index in [2.05, 4.69) is 20.1 Å². The fourth-order valence-electron chi connectivity index (χ4n) is 4.98. The number of hydrogen-bond donors (Lipinski definition) is 2. The lowest BCUT2D eigenvalue weighted by Gasteiger charge is -2.18. The highest BCUT2D eigenvalue weighted by Crippen LogP contribution is 2.41. The van der Waals surface area contributed by atoms with E-state index < -0.39 is 70.5 Å². The second-order valence-corrected chi connectivity index (χ2v) is 10.3. The Morgan fingerprint density at radius 2 is 0.833 bits per heavy atom. The Kier molecular flexibility index (Phi) is 7.37. The topological polar surface area (TPSA) is 145 Å². The molecule has 2 aliphatic rings. The number of carbonyl (C=O) groups is 6. The summed E-state index contributed by atoms with van der Waals surface area (Å²) < 4.78 is 93.5. The van der Waals surface area contributed by atoms with Crippen molar-refractivity contribution in [1.29, 1.82) is 0 Å². The van der Waals surface area contributed by atoms with Crippen LogP contribution in [0.2, 0.25) is 0 Å². The van der Waals surface area contributed by atoms with E-state index in [9.17, 15) is 55.1 Å². The minimum atomic E-state index is -5.10. The number of cyclic esters (lactones) is 4. The molecule has 2 amide bonds. The van der Waals surface area contributed by atoms with Gasteiger partial charge in [-0.25, -0.2) is 19.2 Å². The molecule has 2 aliphatic heterocycles. The van der Waals surface area contributed by atoms with Crippen molar-refractivity contribution in [2.24, 2.45) is 0 Å². The lowest BCUT2D eigenvalue weighted by atomic mass is 9.98. The molecule has 4 aromatic carbocycles. The Morgan fingerprint density at radius 3 is 1.19 bits per heavy atom. The molecule has 2 N–H and O–H groups in total. The van der Waals surface area contributed by atoms with Crippen molar-refractivity contribution < 1.29 is 64.6 Å². The first-order valence-corrected chi connectivity index (χ1v) is 13.4. The van der Waals surface area contributed by atoms with Crippen molar-refractivity contribution >= 4 is 47.1 Å². The van der Waals surface area contributed by atoms with Gasteiger partial charge in [0.05, 0.1) is 44.8 Å². The summed E-state index contributed by atoms with van der Waals surface area (Å²) in [7, 11) is 0. The number of anilines is 2. The first kappa shape index (κ1) is 31.7. The second-order valence-electron chi connectivity index (χ2n) is 10.3. The van der Waals surface area contributed by atoms with Crippen molar-refractivity contribution in [3.8, 4) is 11.1 Å². The van der Waals surface area contributed by atoms with Crippen LogP contribution in [0.3, 0.4) is 0 Å². The molecule has 0 unspecified atom stereocenters. The Morgan fingerprint density at radius 1 is 0.479 bits per heavy atom. The molecule has 6 rings (SSSR count). The summed E-state index contributed by atoms with van der Waals surface area (Å²) in [6.45, 7) is 0. The van der Waals surface area contributed by atoms with Gasteiger partial charge in [0.15, 0.2) is 0 Å². The monoisotopic (exact) mass is 668 g/mol. The van der Waals surface area contributed by atoms with E-state index in [0.717, 1.165) is 60.7 Å². The Labute approximate surface area is 263 Å². The Balaban J connectivity index is 1.29. The third-order valence-electron chi connectivity index (χ3n) is 7.29. The van der Waals surface area contributed by atoms with Crippen LogP contribution in [-0.4, -0.2) is 35.7 Å². The van der Waals surface area contributed by atoms with E-state index in [1.807, 2.05) is 0 Å². The molecule has 4 aromatic rings. The van der Waals surface area contributed by atoms with Crippen molar-refractivity contribution in [2.45, 2.75) is 12.4 Å². The number of amides is 2. The number of hydrogen-bond acceptors (Lipinski definition) is 8. The molecule has 16 heteroatoms. The van der Waals surface area contributed by atoms with Crippen LogP contribution in [0.25, 0.3) is 11.1 Å². The van der Waals surface area contributed by atoms with Crippen LogP contribution in [-0.2, 0) is 21.8 Å². The quantitative estimate of drug-likeness (QED) is 0.139. The van der Waals surface area contributed by atoms with Crippen LogP contribution >= 0.6 is 0 Å². The maximum absolute atomic E-state index is 14.1. The van der Waals surface area contributed by atoms with Gasteiger partial charge in [-0.2, -0.15) is 26.3 Å². The summed E-state index contributed by atoms with van der Waals surface area (Å²) in [5.41, 5.74) is -6.33. The first-order chi connectivity index (χ1) is 22.5. The van der Waals surface area contributed by atoms with Gasteiger partial charge in [0.1, 0.15) is 0 Å². The van der Waals surface area contributed by atoms with Crippen molar-refractivity contribution in [1.82, 2.24) is 0 Å². The number of rotatable bonds is 5. The zero-order valence-electron chi connectivity index (χ0n) is 23.5. The molecular weight excluding hydrogens is 654 g/mol. The summed E-state index contributed by atoms with van der Waals surface area (Å²) in [4.78, 5) is 72.5. The molecule has 0 bridgehead atoms. The standard InChI is InChI=1S/C32H14F6N2O8/c33-31(34,35)21-11-13(3-7-23(21)39-25(41)15-1-5-17-19(9-15)29(45)47-27(17)43)14-4-8-24(22(12-14)32(36,37)38)40-26(42)16-2-6-18-20(10-16)30(46)48-28(18)44/h1-12H,(H,39,41)(H,40,42). The lowest BCUT2D eigenvalue weighted by molar-refractivity contribution is -0.137. The highest BCUT2D eigenvalue weighted by molar-refractivity contribution is 6.17. The van der Waals surface area contributed by atoms with Gasteiger partial charge in [0.25, 0.3) is 11.8 Å². The fraction of sp³-hybridized carbons (Fsp3) is 0.0625. The number of carbonyl (C=O) groups excluding carboxylic acids is 6. The summed E-state index contributed by atoms with van der Waals surface area (Å²) in [5, 5.41) is 4.12. The fourth-order valence-corrected chi connectivity index (χ4v) is 4.98. The number of fused-ring (bicyclic) bond motifs is 2. The molecule has 0 saturated heterocycles. The SMILES string of the molecule is O=C(Nc1ccc(-c2ccc(NC(=O)c3ccc4c(c3)C(=O)OC4=O)c(C(F)(F)F)c2)cc1C(F)(F)F)c1ccc2c(c1)C(=O)OC2=O. The van der Waals surface area contributed by atoms with Gasteiger partial charge in [-0.3, -0.25) is 9.59 Å². The van der Waals surface area contributed by atoms with Gasteiger partial charge in [-0.05, 0) is 71.8 Å². The third-order valence-corrected chi connectivity index (χ3v) is 7.29. The molecule has 0 aromatic heterocycles. The minimum Gasteiger partial charge on any atom is -0.386 e. The molecule has 0 saturated carbocycles. The highest BCUT2D eigenvalue weighted by Gasteiger charge is 2.37. The maximum atomic E-state index is 14.1. The summed E-state index contributed by atoms with van der Waals surface area (Å²) in [6.07, 6.45) is -10.2. The van der Waals surface area contributed by atoms with Crippen molar-refractivity contribution in [3.05, 3.63) is 117 Å². The van der Waals surface area contributed by atoms with E-state index in [1.165, 1.54) is 0 Å². The number of benzene rings is 4. The predicted molar refractivity (Wildman–Crippen MR) is 150 cm³/mol. The minimum absolute atomic E-state index is 0.131. The van der Waals surface area contributed by atoms with Crippen LogP contribution in [0.4, 0.5) is 37.7 Å². The van der Waals surface area contributed by atoms with E-state index in [1.54, 1.807) is 0 Å². The zero-order chi connectivity index (χ0) is 34.7. The molecule has 0 spiro atoms. The van der Waals surface area contributed by atoms with Crippen LogP contribution in [0.5, 0.6) is 0 Å². The molecule has 242 valence electrons. The van der Waals surface area contributed by atoms with Crippen LogP contribution in [0, 0.1) is 0 Å². The molecule has 0 fully saturated rings. The number of nitrogens with one attached hydrogen (secondary N) is 2. The van der Waals surface area contributed by atoms with Gasteiger partial charge in [0, 0.05) is 11.1 Å². The summed E-state index contributed by atoms with van der Waals surface area (Å²) in [6, 6.07) is 11.1. The van der Waals surface area contributed by atoms with E-state index in [0.29, 0.717) is 12.1 Å². The van der Waals surface area contributed by atoms with E-state index in [4.69, 9.17) is 0 Å². The summed E-state index contributed by atoms with van der Waals surface area (Å²) >= 11 is 0. The van der Waals surface area contributed by atoms with Gasteiger partial charge in [0.2, 0.25) is 0 Å². The zero-order valence-corrected chi connectivity index (χ0v) is 23.5. The third kappa shape index (κ3) is 5.74. The molecular formula is C32H14F6N2O8. The molecule has 2 heterocycles. The number of halogens is 6. The average molecular weight is 668 g/mol. The van der Waals surface area contributed by atoms with Crippen LogP contribution in [0.15, 0.2) is 72.8 Å². The number of alkyl halides is 6. The Bertz CT molecular complexity index is 1990. The van der Waals surface area contributed by atoms with Crippen molar-refractivity contribution in [2.75, 3.05) is 10.6 Å². The van der Waals surface area contributed by atoms with Crippen LogP contribution in [0.1, 0.15) is 73.3 Å². The molecule has 0 aliphatic carbocycles. The van der Waals surface area contributed by atoms with Gasteiger partial charge in [-0.15, -0.1) is 0 Å². The van der Waals surface area contributed by atoms with Gasteiger partial charge >= 0.3 is 36.2 Å². The van der Waals surface area contributed by atoms with E-state index >= 15 is 0 Å². The Hall–Kier alpha value is -6.32. The normalized spacial score (nSPS) is 13.9. The number of esters is 4. The first-order valence-electron chi connectivity index (χ1n) is 13.4. The van der Waals surface area contributed by atoms with Crippen molar-refractivity contribution in [3.63, 3.8) is 0 Å². The molecule has 10 nitrogen and oxygen atoms in total. The molecule has 0 atom stereocenters. The smallest absolute Gasteiger partial charge is 0.386 e. The summed E-state index contributed by atoms with van der Waals surface area (Å²) in [5.74, 6) is -6.16. The lowest BCUT2D eigenvalue weighted by Crippen LogP contribution is -2.18. The van der Waals surface area contributed by atoms with Gasteiger partial charge in [-0.1, -0.05) is 12.1 Å². The number of ether oxygens (including phenoxy) is 2. The van der Waals surface area contributed by atoms with Gasteiger partial charge < -0.3 is 20.1 Å².